The molecule has 172 valence electrons. The SMILES string of the molecule is CCOc1cc(C=Nc2ccc(Oc3ccccc3)cc2)cc(I)c1OCc1ccccc1Cl. The lowest BCUT2D eigenvalue weighted by Crippen LogP contribution is -2.03. The van der Waals surface area contributed by atoms with Crippen LogP contribution in [0.1, 0.15) is 18.1 Å². The molecule has 0 fully saturated rings. The van der Waals surface area contributed by atoms with Crippen LogP contribution in [-0.4, -0.2) is 12.8 Å². The number of ether oxygens (including phenoxy) is 3. The third-order valence-electron chi connectivity index (χ3n) is 4.84. The lowest BCUT2D eigenvalue weighted by atomic mass is 10.2. The van der Waals surface area contributed by atoms with E-state index in [1.54, 1.807) is 0 Å². The molecule has 0 unspecified atom stereocenters. The Balaban J connectivity index is 1.47. The number of halogens is 2. The molecule has 0 heterocycles. The average molecular weight is 584 g/mol. The number of hydrogen-bond acceptors (Lipinski definition) is 4. The fourth-order valence-electron chi connectivity index (χ4n) is 3.20. The van der Waals surface area contributed by atoms with Crippen LogP contribution >= 0.6 is 34.2 Å². The second kappa shape index (κ2) is 11.9. The first-order valence-corrected chi connectivity index (χ1v) is 12.3. The van der Waals surface area contributed by atoms with Gasteiger partial charge in [-0.05, 0) is 89.7 Å². The van der Waals surface area contributed by atoms with Gasteiger partial charge in [0.15, 0.2) is 11.5 Å². The van der Waals surface area contributed by atoms with Gasteiger partial charge in [0.2, 0.25) is 0 Å². The first-order valence-electron chi connectivity index (χ1n) is 10.8. The van der Waals surface area contributed by atoms with Crippen LogP contribution < -0.4 is 14.2 Å². The van der Waals surface area contributed by atoms with Gasteiger partial charge in [-0.15, -0.1) is 0 Å². The van der Waals surface area contributed by atoms with Gasteiger partial charge in [-0.3, -0.25) is 4.99 Å². The fourth-order valence-corrected chi connectivity index (χ4v) is 4.18. The lowest BCUT2D eigenvalue weighted by molar-refractivity contribution is 0.267. The van der Waals surface area contributed by atoms with Crippen molar-refractivity contribution in [2.24, 2.45) is 4.99 Å². The van der Waals surface area contributed by atoms with Crippen molar-refractivity contribution in [2.75, 3.05) is 6.61 Å². The first-order chi connectivity index (χ1) is 16.6. The summed E-state index contributed by atoms with van der Waals surface area (Å²) in [6.45, 7) is 2.84. The quantitative estimate of drug-likeness (QED) is 0.147. The average Bonchev–Trinajstić information content (AvgIpc) is 2.85. The highest BCUT2D eigenvalue weighted by atomic mass is 127. The van der Waals surface area contributed by atoms with E-state index in [-0.39, 0.29) is 0 Å². The molecule has 0 aromatic heterocycles. The Labute approximate surface area is 218 Å². The van der Waals surface area contributed by atoms with Crippen LogP contribution in [0.3, 0.4) is 0 Å². The molecule has 0 spiro atoms. The van der Waals surface area contributed by atoms with Crippen LogP contribution in [0.25, 0.3) is 0 Å². The zero-order chi connectivity index (χ0) is 23.8. The maximum Gasteiger partial charge on any atom is 0.175 e. The van der Waals surface area contributed by atoms with E-state index in [9.17, 15) is 0 Å². The van der Waals surface area contributed by atoms with Crippen LogP contribution in [0, 0.1) is 3.57 Å². The second-order valence-electron chi connectivity index (χ2n) is 7.31. The molecule has 0 N–H and O–H groups in total. The van der Waals surface area contributed by atoms with E-state index in [1.165, 1.54) is 0 Å². The molecular weight excluding hydrogens is 561 g/mol. The molecule has 0 aliphatic heterocycles. The van der Waals surface area contributed by atoms with Gasteiger partial charge in [0, 0.05) is 16.8 Å². The second-order valence-corrected chi connectivity index (χ2v) is 8.88. The van der Waals surface area contributed by atoms with Gasteiger partial charge in [-0.2, -0.15) is 0 Å². The molecular formula is C28H23ClINO3. The zero-order valence-electron chi connectivity index (χ0n) is 18.6. The van der Waals surface area contributed by atoms with E-state index in [0.717, 1.165) is 31.9 Å². The van der Waals surface area contributed by atoms with Gasteiger partial charge in [0.05, 0.1) is 15.9 Å². The van der Waals surface area contributed by atoms with Crippen molar-refractivity contribution in [1.82, 2.24) is 0 Å². The van der Waals surface area contributed by atoms with Crippen LogP contribution in [0.15, 0.2) is 96.0 Å². The van der Waals surface area contributed by atoms with Crippen molar-refractivity contribution >= 4 is 46.1 Å². The lowest BCUT2D eigenvalue weighted by Gasteiger charge is -2.15. The minimum atomic E-state index is 0.362. The molecule has 4 rings (SSSR count). The number of rotatable bonds is 9. The van der Waals surface area contributed by atoms with E-state index in [0.29, 0.717) is 29.7 Å². The summed E-state index contributed by atoms with van der Waals surface area (Å²) in [4.78, 5) is 4.60. The highest BCUT2D eigenvalue weighted by molar-refractivity contribution is 14.1. The molecule has 0 atom stereocenters. The summed E-state index contributed by atoms with van der Waals surface area (Å²) in [6.07, 6.45) is 1.82. The van der Waals surface area contributed by atoms with Gasteiger partial charge < -0.3 is 14.2 Å². The van der Waals surface area contributed by atoms with Gasteiger partial charge >= 0.3 is 0 Å². The fraction of sp³-hybridized carbons (Fsp3) is 0.107. The number of aliphatic imine (C=N–C) groups is 1. The van der Waals surface area contributed by atoms with Crippen LogP contribution in [0.5, 0.6) is 23.0 Å². The van der Waals surface area contributed by atoms with E-state index >= 15 is 0 Å². The summed E-state index contributed by atoms with van der Waals surface area (Å²) in [5.41, 5.74) is 2.67. The molecule has 6 heteroatoms. The van der Waals surface area contributed by atoms with Crippen molar-refractivity contribution in [2.45, 2.75) is 13.5 Å². The standard InChI is InChI=1S/C28H23ClINO3/c1-2-32-27-17-20(16-26(30)28(27)33-19-21-8-6-7-11-25(21)29)18-31-22-12-14-24(15-13-22)34-23-9-4-3-5-10-23/h3-18H,2,19H2,1H3. The molecule has 0 aliphatic rings. The maximum absolute atomic E-state index is 6.27. The third-order valence-corrected chi connectivity index (χ3v) is 6.01. The Morgan fingerprint density at radius 2 is 1.56 bits per heavy atom. The number of nitrogens with zero attached hydrogens (tertiary/aromatic N) is 1. The van der Waals surface area contributed by atoms with Crippen LogP contribution in [0.2, 0.25) is 5.02 Å². The Bertz CT molecular complexity index is 1260. The summed E-state index contributed by atoms with van der Waals surface area (Å²) in [5.74, 6) is 2.93. The summed E-state index contributed by atoms with van der Waals surface area (Å²) in [5, 5.41) is 0.680. The predicted octanol–water partition coefficient (Wildman–Crippen LogP) is 8.47. The highest BCUT2D eigenvalue weighted by Crippen LogP contribution is 2.35. The molecule has 0 saturated heterocycles. The van der Waals surface area contributed by atoms with E-state index in [4.69, 9.17) is 25.8 Å². The van der Waals surface area contributed by atoms with Gasteiger partial charge in [-0.1, -0.05) is 48.0 Å². The summed E-state index contributed by atoms with van der Waals surface area (Å²) in [6, 6.07) is 28.9. The number of hydrogen-bond donors (Lipinski definition) is 0. The third kappa shape index (κ3) is 6.52. The Kier molecular flexibility index (Phi) is 8.44. The van der Waals surface area contributed by atoms with Gasteiger partial charge in [0.1, 0.15) is 18.1 Å². The first kappa shape index (κ1) is 24.1. The largest absolute Gasteiger partial charge is 0.490 e. The molecule has 4 aromatic carbocycles. The molecule has 0 saturated carbocycles. The number of benzene rings is 4. The van der Waals surface area contributed by atoms with Crippen molar-refractivity contribution < 1.29 is 14.2 Å². The Hall–Kier alpha value is -3.03. The molecule has 34 heavy (non-hydrogen) atoms. The Morgan fingerprint density at radius 1 is 0.853 bits per heavy atom. The minimum Gasteiger partial charge on any atom is -0.490 e. The topological polar surface area (TPSA) is 40.0 Å². The van der Waals surface area contributed by atoms with Gasteiger partial charge in [0.25, 0.3) is 0 Å². The van der Waals surface area contributed by atoms with Crippen LogP contribution in [-0.2, 0) is 6.61 Å². The summed E-state index contributed by atoms with van der Waals surface area (Å²) >= 11 is 8.52. The highest BCUT2D eigenvalue weighted by Gasteiger charge is 2.13. The van der Waals surface area contributed by atoms with Crippen molar-refractivity contribution in [3.63, 3.8) is 0 Å². The monoisotopic (exact) mass is 583 g/mol. The predicted molar refractivity (Wildman–Crippen MR) is 146 cm³/mol. The van der Waals surface area contributed by atoms with E-state index in [2.05, 4.69) is 27.6 Å². The van der Waals surface area contributed by atoms with Crippen molar-refractivity contribution in [1.29, 1.82) is 0 Å². The van der Waals surface area contributed by atoms with Crippen LogP contribution in [0.4, 0.5) is 5.69 Å². The van der Waals surface area contributed by atoms with Gasteiger partial charge in [-0.25, -0.2) is 0 Å². The molecule has 4 aromatic rings. The molecule has 4 nitrogen and oxygen atoms in total. The minimum absolute atomic E-state index is 0.362. The Morgan fingerprint density at radius 3 is 2.29 bits per heavy atom. The smallest absolute Gasteiger partial charge is 0.175 e. The summed E-state index contributed by atoms with van der Waals surface area (Å²) in [7, 11) is 0. The molecule has 0 radical (unpaired) electrons. The van der Waals surface area contributed by atoms with Crippen molar-refractivity contribution in [3.05, 3.63) is 111 Å². The zero-order valence-corrected chi connectivity index (χ0v) is 21.5. The van der Waals surface area contributed by atoms with E-state index < -0.39 is 0 Å². The molecule has 0 aliphatic carbocycles. The van der Waals surface area contributed by atoms with Crippen molar-refractivity contribution in [3.8, 4) is 23.0 Å². The normalized spacial score (nSPS) is 10.9. The van der Waals surface area contributed by atoms with E-state index in [1.807, 2.05) is 104 Å². The number of para-hydroxylation sites is 1. The molecule has 0 bridgehead atoms. The summed E-state index contributed by atoms with van der Waals surface area (Å²) < 4.78 is 18.7. The molecule has 0 amide bonds. The maximum atomic E-state index is 6.27.